The van der Waals surface area contributed by atoms with Crippen LogP contribution in [-0.2, 0) is 22.4 Å². The Balaban J connectivity index is 1.97. The Labute approximate surface area is 106 Å². The van der Waals surface area contributed by atoms with Crippen LogP contribution < -0.4 is 5.32 Å². The van der Waals surface area contributed by atoms with E-state index in [9.17, 15) is 9.59 Å². The van der Waals surface area contributed by atoms with E-state index in [4.69, 9.17) is 5.11 Å². The molecule has 1 fully saturated rings. The Bertz CT molecular complexity index is 478. The molecule has 1 aromatic carbocycles. The summed E-state index contributed by atoms with van der Waals surface area (Å²) in [5, 5.41) is 11.6. The molecule has 18 heavy (non-hydrogen) atoms. The maximum absolute atomic E-state index is 11.8. The number of amides is 1. The molecule has 0 unspecified atom stereocenters. The molecule has 96 valence electrons. The van der Waals surface area contributed by atoms with Gasteiger partial charge in [-0.1, -0.05) is 31.2 Å². The maximum Gasteiger partial charge on any atom is 0.329 e. The Morgan fingerprint density at radius 3 is 2.56 bits per heavy atom. The minimum absolute atomic E-state index is 0.219. The zero-order valence-corrected chi connectivity index (χ0v) is 10.4. The predicted molar refractivity (Wildman–Crippen MR) is 67.3 cm³/mol. The highest BCUT2D eigenvalue weighted by atomic mass is 16.4. The number of carboxylic acid groups (broad SMARTS) is 1. The van der Waals surface area contributed by atoms with Gasteiger partial charge in [-0.05, 0) is 30.4 Å². The molecule has 0 saturated heterocycles. The molecule has 0 atom stereocenters. The number of hydrogen-bond donors (Lipinski definition) is 2. The van der Waals surface area contributed by atoms with Crippen molar-refractivity contribution in [1.82, 2.24) is 5.32 Å². The third-order valence-electron chi connectivity index (χ3n) is 3.30. The van der Waals surface area contributed by atoms with E-state index < -0.39 is 11.5 Å². The van der Waals surface area contributed by atoms with E-state index in [1.165, 1.54) is 5.56 Å². The van der Waals surface area contributed by atoms with Crippen molar-refractivity contribution in [3.63, 3.8) is 0 Å². The Morgan fingerprint density at radius 2 is 2.00 bits per heavy atom. The van der Waals surface area contributed by atoms with Crippen LogP contribution in [0.2, 0.25) is 0 Å². The molecule has 4 heteroatoms. The van der Waals surface area contributed by atoms with Crippen LogP contribution in [0, 0.1) is 0 Å². The van der Waals surface area contributed by atoms with Gasteiger partial charge >= 0.3 is 5.97 Å². The smallest absolute Gasteiger partial charge is 0.329 e. The molecule has 0 aromatic heterocycles. The van der Waals surface area contributed by atoms with Crippen LogP contribution in [0.25, 0.3) is 0 Å². The first-order chi connectivity index (χ1) is 8.55. The summed E-state index contributed by atoms with van der Waals surface area (Å²) in [5.74, 6) is -1.15. The van der Waals surface area contributed by atoms with Gasteiger partial charge < -0.3 is 10.4 Å². The molecule has 1 aromatic rings. The number of aliphatic carboxylic acids is 1. The van der Waals surface area contributed by atoms with Gasteiger partial charge in [-0.3, -0.25) is 4.79 Å². The van der Waals surface area contributed by atoms with Crippen LogP contribution >= 0.6 is 0 Å². The van der Waals surface area contributed by atoms with Crippen LogP contribution in [0.5, 0.6) is 0 Å². The van der Waals surface area contributed by atoms with Gasteiger partial charge in [0.25, 0.3) is 0 Å². The molecule has 1 aliphatic rings. The summed E-state index contributed by atoms with van der Waals surface area (Å²) in [7, 11) is 0. The summed E-state index contributed by atoms with van der Waals surface area (Å²) >= 11 is 0. The summed E-state index contributed by atoms with van der Waals surface area (Å²) in [4.78, 5) is 22.8. The monoisotopic (exact) mass is 247 g/mol. The van der Waals surface area contributed by atoms with E-state index in [2.05, 4.69) is 12.2 Å². The van der Waals surface area contributed by atoms with Crippen molar-refractivity contribution in [3.05, 3.63) is 35.4 Å². The minimum Gasteiger partial charge on any atom is -0.480 e. The van der Waals surface area contributed by atoms with E-state index in [0.29, 0.717) is 12.8 Å². The number of carbonyl (C=O) groups excluding carboxylic acids is 1. The van der Waals surface area contributed by atoms with Crippen molar-refractivity contribution in [2.24, 2.45) is 0 Å². The first kappa shape index (κ1) is 12.6. The molecule has 2 rings (SSSR count). The quantitative estimate of drug-likeness (QED) is 0.829. The van der Waals surface area contributed by atoms with E-state index in [0.717, 1.165) is 12.0 Å². The highest BCUT2D eigenvalue weighted by Gasteiger charge is 2.51. The van der Waals surface area contributed by atoms with Crippen molar-refractivity contribution in [2.45, 2.75) is 38.1 Å². The summed E-state index contributed by atoms with van der Waals surface area (Å²) in [6, 6.07) is 7.81. The molecule has 4 nitrogen and oxygen atoms in total. The standard InChI is InChI=1S/C14H17NO3/c1-2-10-4-3-5-11(8-10)9-12(16)15-14(6-7-14)13(17)18/h3-5,8H,2,6-7,9H2,1H3,(H,15,16)(H,17,18). The van der Waals surface area contributed by atoms with Gasteiger partial charge in [-0.2, -0.15) is 0 Å². The highest BCUT2D eigenvalue weighted by molar-refractivity contribution is 5.90. The fourth-order valence-corrected chi connectivity index (χ4v) is 1.97. The Kier molecular flexibility index (Phi) is 3.36. The Hall–Kier alpha value is -1.84. The average Bonchev–Trinajstić information content (AvgIpc) is 3.10. The lowest BCUT2D eigenvalue weighted by Crippen LogP contribution is -2.43. The molecule has 0 spiro atoms. The lowest BCUT2D eigenvalue weighted by molar-refractivity contribution is -0.143. The third kappa shape index (κ3) is 2.70. The van der Waals surface area contributed by atoms with Crippen LogP contribution in [0.3, 0.4) is 0 Å². The normalized spacial score (nSPS) is 16.1. The van der Waals surface area contributed by atoms with Crippen molar-refractivity contribution in [1.29, 1.82) is 0 Å². The van der Waals surface area contributed by atoms with Crippen LogP contribution in [-0.4, -0.2) is 22.5 Å². The zero-order valence-electron chi connectivity index (χ0n) is 10.4. The second-order valence-electron chi connectivity index (χ2n) is 4.79. The van der Waals surface area contributed by atoms with Gasteiger partial charge in [0.2, 0.25) is 5.91 Å². The number of carbonyl (C=O) groups is 2. The highest BCUT2D eigenvalue weighted by Crippen LogP contribution is 2.35. The summed E-state index contributed by atoms with van der Waals surface area (Å²) < 4.78 is 0. The molecule has 0 bridgehead atoms. The van der Waals surface area contributed by atoms with E-state index >= 15 is 0 Å². The van der Waals surface area contributed by atoms with Crippen molar-refractivity contribution >= 4 is 11.9 Å². The van der Waals surface area contributed by atoms with Crippen LogP contribution in [0.15, 0.2) is 24.3 Å². The second kappa shape index (κ2) is 4.80. The maximum atomic E-state index is 11.8. The van der Waals surface area contributed by atoms with Gasteiger partial charge in [0.05, 0.1) is 6.42 Å². The molecule has 1 amide bonds. The second-order valence-corrected chi connectivity index (χ2v) is 4.79. The number of hydrogen-bond acceptors (Lipinski definition) is 2. The number of rotatable bonds is 5. The van der Waals surface area contributed by atoms with Gasteiger partial charge in [-0.15, -0.1) is 0 Å². The van der Waals surface area contributed by atoms with E-state index in [1.54, 1.807) is 0 Å². The number of aryl methyl sites for hydroxylation is 1. The first-order valence-corrected chi connectivity index (χ1v) is 6.18. The molecule has 0 radical (unpaired) electrons. The predicted octanol–water partition coefficient (Wildman–Crippen LogP) is 1.52. The molecule has 0 heterocycles. The van der Waals surface area contributed by atoms with Crippen molar-refractivity contribution < 1.29 is 14.7 Å². The van der Waals surface area contributed by atoms with E-state index in [1.807, 2.05) is 24.3 Å². The van der Waals surface area contributed by atoms with Crippen LogP contribution in [0.1, 0.15) is 30.9 Å². The van der Waals surface area contributed by atoms with Crippen molar-refractivity contribution in [2.75, 3.05) is 0 Å². The fourth-order valence-electron chi connectivity index (χ4n) is 1.97. The summed E-state index contributed by atoms with van der Waals surface area (Å²) in [6.45, 7) is 2.06. The SMILES string of the molecule is CCc1cccc(CC(=O)NC2(C(=O)O)CC2)c1. The number of carboxylic acids is 1. The first-order valence-electron chi connectivity index (χ1n) is 6.18. The molecular weight excluding hydrogens is 230 g/mol. The minimum atomic E-state index is -0.987. The van der Waals surface area contributed by atoms with E-state index in [-0.39, 0.29) is 12.3 Å². The van der Waals surface area contributed by atoms with Crippen LogP contribution in [0.4, 0.5) is 0 Å². The van der Waals surface area contributed by atoms with Gasteiger partial charge in [0.1, 0.15) is 5.54 Å². The molecule has 1 saturated carbocycles. The number of benzene rings is 1. The average molecular weight is 247 g/mol. The zero-order chi connectivity index (χ0) is 13.2. The molecular formula is C14H17NO3. The topological polar surface area (TPSA) is 66.4 Å². The van der Waals surface area contributed by atoms with Gasteiger partial charge in [0.15, 0.2) is 0 Å². The summed E-state index contributed by atoms with van der Waals surface area (Å²) in [5.41, 5.74) is 1.12. The van der Waals surface area contributed by atoms with Gasteiger partial charge in [-0.25, -0.2) is 4.79 Å². The van der Waals surface area contributed by atoms with Crippen molar-refractivity contribution in [3.8, 4) is 0 Å². The Morgan fingerprint density at radius 1 is 1.33 bits per heavy atom. The molecule has 1 aliphatic carbocycles. The molecule has 2 N–H and O–H groups in total. The lowest BCUT2D eigenvalue weighted by atomic mass is 10.1. The lowest BCUT2D eigenvalue weighted by Gasteiger charge is -2.12. The molecule has 0 aliphatic heterocycles. The number of nitrogens with one attached hydrogen (secondary N) is 1. The summed E-state index contributed by atoms with van der Waals surface area (Å²) in [6.07, 6.45) is 2.23. The fraction of sp³-hybridized carbons (Fsp3) is 0.429. The van der Waals surface area contributed by atoms with Gasteiger partial charge in [0, 0.05) is 0 Å². The largest absolute Gasteiger partial charge is 0.480 e. The third-order valence-corrected chi connectivity index (χ3v) is 3.30.